The molecule has 8 nitrogen and oxygen atoms in total. The Morgan fingerprint density at radius 3 is 2.40 bits per heavy atom. The van der Waals surface area contributed by atoms with E-state index in [9.17, 15) is 19.2 Å². The van der Waals surface area contributed by atoms with E-state index in [4.69, 9.17) is 9.47 Å². The number of thiophene rings is 1. The Kier molecular flexibility index (Phi) is 8.83. The molecule has 1 aromatic heterocycles. The van der Waals surface area contributed by atoms with E-state index in [1.165, 1.54) is 17.7 Å². The highest BCUT2D eigenvalue weighted by molar-refractivity contribution is 7.18. The summed E-state index contributed by atoms with van der Waals surface area (Å²) in [6.45, 7) is 3.03. The molecule has 1 N–H and O–H groups in total. The van der Waals surface area contributed by atoms with Gasteiger partial charge < -0.3 is 19.7 Å². The van der Waals surface area contributed by atoms with Crippen molar-refractivity contribution in [2.45, 2.75) is 52.4 Å². The highest BCUT2D eigenvalue weighted by Crippen LogP contribution is 2.34. The number of anilines is 1. The first-order chi connectivity index (χ1) is 14.2. The number of nitrogens with one attached hydrogen (secondary N) is 1. The summed E-state index contributed by atoms with van der Waals surface area (Å²) in [7, 11) is 3.21. The van der Waals surface area contributed by atoms with Crippen LogP contribution >= 0.6 is 11.3 Å². The van der Waals surface area contributed by atoms with Gasteiger partial charge in [0.2, 0.25) is 0 Å². The Morgan fingerprint density at radius 2 is 1.80 bits per heavy atom. The van der Waals surface area contributed by atoms with Crippen molar-refractivity contribution < 1.29 is 28.7 Å². The van der Waals surface area contributed by atoms with Crippen LogP contribution in [-0.4, -0.2) is 56.0 Å². The van der Waals surface area contributed by atoms with Crippen LogP contribution in [0, 0.1) is 12.8 Å². The highest BCUT2D eigenvalue weighted by Gasteiger charge is 2.27. The van der Waals surface area contributed by atoms with Gasteiger partial charge in [0.25, 0.3) is 11.8 Å². The molecule has 0 spiro atoms. The van der Waals surface area contributed by atoms with Crippen molar-refractivity contribution in [2.24, 2.45) is 5.92 Å². The van der Waals surface area contributed by atoms with Crippen LogP contribution < -0.4 is 5.32 Å². The monoisotopic (exact) mass is 438 g/mol. The van der Waals surface area contributed by atoms with E-state index in [0.717, 1.165) is 30.6 Å². The van der Waals surface area contributed by atoms with Gasteiger partial charge in [-0.25, -0.2) is 4.79 Å². The summed E-state index contributed by atoms with van der Waals surface area (Å²) in [5.74, 6) is -1.30. The van der Waals surface area contributed by atoms with E-state index in [2.05, 4.69) is 5.32 Å². The Labute approximate surface area is 180 Å². The number of carbonyl (C=O) groups excluding carboxylic acids is 4. The second-order valence-corrected chi connectivity index (χ2v) is 8.60. The molecule has 1 aromatic rings. The largest absolute Gasteiger partial charge is 0.462 e. The molecule has 1 saturated carbocycles. The first-order valence-corrected chi connectivity index (χ1v) is 11.0. The molecule has 1 fully saturated rings. The molecule has 2 amide bonds. The zero-order valence-electron chi connectivity index (χ0n) is 18.0. The number of hydrogen-bond donors (Lipinski definition) is 1. The second-order valence-electron chi connectivity index (χ2n) is 7.58. The molecule has 0 unspecified atom stereocenters. The fourth-order valence-electron chi connectivity index (χ4n) is 3.46. The minimum atomic E-state index is -0.618. The fourth-order valence-corrected chi connectivity index (χ4v) is 4.69. The van der Waals surface area contributed by atoms with Gasteiger partial charge in [-0.3, -0.25) is 14.4 Å². The standard InChI is InChI=1S/C21H30N2O6S/c1-5-28-21(27)17-13(2)18(20(26)23(3)4)30-19(17)22-15(24)12-29-16(25)11-10-14-8-6-7-9-14/h14H,5-12H2,1-4H3,(H,22,24). The minimum Gasteiger partial charge on any atom is -0.462 e. The molecular formula is C21H30N2O6S. The van der Waals surface area contributed by atoms with E-state index >= 15 is 0 Å². The summed E-state index contributed by atoms with van der Waals surface area (Å²) >= 11 is 1.00. The van der Waals surface area contributed by atoms with Gasteiger partial charge in [0, 0.05) is 20.5 Å². The number of ether oxygens (including phenoxy) is 2. The van der Waals surface area contributed by atoms with Gasteiger partial charge in [-0.2, -0.15) is 0 Å². The van der Waals surface area contributed by atoms with Gasteiger partial charge in [0.05, 0.1) is 17.0 Å². The van der Waals surface area contributed by atoms with Gasteiger partial charge >= 0.3 is 11.9 Å². The predicted molar refractivity (Wildman–Crippen MR) is 114 cm³/mol. The zero-order valence-corrected chi connectivity index (χ0v) is 18.9. The van der Waals surface area contributed by atoms with Crippen LogP contribution in [-0.2, 0) is 19.1 Å². The lowest BCUT2D eigenvalue weighted by Gasteiger charge is -2.09. The van der Waals surface area contributed by atoms with E-state index in [0.29, 0.717) is 22.8 Å². The summed E-state index contributed by atoms with van der Waals surface area (Å²) < 4.78 is 10.1. The van der Waals surface area contributed by atoms with Gasteiger partial charge in [-0.15, -0.1) is 11.3 Å². The maximum Gasteiger partial charge on any atom is 0.341 e. The second kappa shape index (κ2) is 11.1. The van der Waals surface area contributed by atoms with Crippen LogP contribution in [0.4, 0.5) is 5.00 Å². The topological polar surface area (TPSA) is 102 Å². The third kappa shape index (κ3) is 6.29. The molecule has 0 aromatic carbocycles. The number of amides is 2. The average molecular weight is 439 g/mol. The Morgan fingerprint density at radius 1 is 1.13 bits per heavy atom. The maximum atomic E-state index is 12.4. The van der Waals surface area contributed by atoms with Gasteiger partial charge in [0.15, 0.2) is 6.61 Å². The van der Waals surface area contributed by atoms with E-state index in [-0.39, 0.29) is 23.1 Å². The minimum absolute atomic E-state index is 0.146. The summed E-state index contributed by atoms with van der Waals surface area (Å²) in [6, 6.07) is 0. The van der Waals surface area contributed by atoms with Crippen LogP contribution in [0.5, 0.6) is 0 Å². The zero-order chi connectivity index (χ0) is 22.3. The molecule has 0 aliphatic heterocycles. The molecule has 1 aliphatic rings. The van der Waals surface area contributed by atoms with E-state index in [1.54, 1.807) is 27.9 Å². The first-order valence-electron chi connectivity index (χ1n) is 10.2. The SMILES string of the molecule is CCOC(=O)c1c(NC(=O)COC(=O)CCC2CCCC2)sc(C(=O)N(C)C)c1C. The lowest BCUT2D eigenvalue weighted by molar-refractivity contribution is -0.147. The molecule has 0 bridgehead atoms. The smallest absolute Gasteiger partial charge is 0.341 e. The number of rotatable bonds is 9. The fraction of sp³-hybridized carbons (Fsp3) is 0.619. The number of hydrogen-bond acceptors (Lipinski definition) is 7. The third-order valence-electron chi connectivity index (χ3n) is 5.08. The van der Waals surface area contributed by atoms with Crippen molar-refractivity contribution in [3.05, 3.63) is 16.0 Å². The van der Waals surface area contributed by atoms with Gasteiger partial charge in [-0.05, 0) is 31.7 Å². The Balaban J connectivity index is 2.01. The van der Waals surface area contributed by atoms with Crippen molar-refractivity contribution >= 4 is 40.1 Å². The number of esters is 2. The number of nitrogens with zero attached hydrogens (tertiary/aromatic N) is 1. The quantitative estimate of drug-likeness (QED) is 0.593. The van der Waals surface area contributed by atoms with Gasteiger partial charge in [0.1, 0.15) is 5.00 Å². The molecule has 1 aliphatic carbocycles. The lowest BCUT2D eigenvalue weighted by Crippen LogP contribution is -2.22. The van der Waals surface area contributed by atoms with Crippen molar-refractivity contribution in [1.29, 1.82) is 0 Å². The molecule has 0 radical (unpaired) electrons. The van der Waals surface area contributed by atoms with E-state index < -0.39 is 24.5 Å². The summed E-state index contributed by atoms with van der Waals surface area (Å²) in [4.78, 5) is 50.7. The van der Waals surface area contributed by atoms with Crippen molar-refractivity contribution in [1.82, 2.24) is 4.90 Å². The molecule has 30 heavy (non-hydrogen) atoms. The molecular weight excluding hydrogens is 408 g/mol. The van der Waals surface area contributed by atoms with Crippen molar-refractivity contribution in [3.63, 3.8) is 0 Å². The maximum absolute atomic E-state index is 12.4. The summed E-state index contributed by atoms with van der Waals surface area (Å²) in [5.41, 5.74) is 0.592. The molecule has 0 atom stereocenters. The van der Waals surface area contributed by atoms with Gasteiger partial charge in [-0.1, -0.05) is 25.7 Å². The first kappa shape index (κ1) is 23.9. The number of carbonyl (C=O) groups is 4. The highest BCUT2D eigenvalue weighted by atomic mass is 32.1. The summed E-state index contributed by atoms with van der Waals surface area (Å²) in [5, 5.41) is 2.80. The van der Waals surface area contributed by atoms with Crippen LogP contribution in [0.25, 0.3) is 0 Å². The average Bonchev–Trinajstić information content (AvgIpc) is 3.32. The normalized spacial score (nSPS) is 13.7. The van der Waals surface area contributed by atoms with E-state index in [1.807, 2.05) is 0 Å². The molecule has 0 saturated heterocycles. The molecule has 2 rings (SSSR count). The molecule has 9 heteroatoms. The molecule has 1 heterocycles. The Bertz CT molecular complexity index is 796. The predicted octanol–water partition coefficient (Wildman–Crippen LogP) is 3.39. The van der Waals surface area contributed by atoms with Crippen LogP contribution in [0.3, 0.4) is 0 Å². The van der Waals surface area contributed by atoms with Crippen LogP contribution in [0.15, 0.2) is 0 Å². The summed E-state index contributed by atoms with van der Waals surface area (Å²) in [6.07, 6.45) is 5.80. The van der Waals surface area contributed by atoms with Crippen LogP contribution in [0.2, 0.25) is 0 Å². The van der Waals surface area contributed by atoms with Crippen LogP contribution in [0.1, 0.15) is 71.0 Å². The molecule has 166 valence electrons. The lowest BCUT2D eigenvalue weighted by atomic mass is 10.0. The third-order valence-corrected chi connectivity index (χ3v) is 6.27. The van der Waals surface area contributed by atoms with Crippen molar-refractivity contribution in [2.75, 3.05) is 32.6 Å². The Hall–Kier alpha value is -2.42. The van der Waals surface area contributed by atoms with Crippen molar-refractivity contribution in [3.8, 4) is 0 Å².